The van der Waals surface area contributed by atoms with Crippen LogP contribution in [0.1, 0.15) is 32.6 Å². The fraction of sp³-hybridized carbons (Fsp3) is 1.00. The third-order valence-corrected chi connectivity index (χ3v) is 3.81. The van der Waals surface area contributed by atoms with E-state index in [1.54, 1.807) is 0 Å². The van der Waals surface area contributed by atoms with E-state index in [2.05, 4.69) is 6.92 Å². The van der Waals surface area contributed by atoms with Crippen LogP contribution in [0.5, 0.6) is 0 Å². The van der Waals surface area contributed by atoms with Crippen molar-refractivity contribution in [2.45, 2.75) is 38.2 Å². The van der Waals surface area contributed by atoms with Gasteiger partial charge in [0.1, 0.15) is 0 Å². The van der Waals surface area contributed by atoms with Crippen LogP contribution in [0.25, 0.3) is 0 Å². The lowest BCUT2D eigenvalue weighted by atomic mass is 9.70. The molecule has 2 nitrogen and oxygen atoms in total. The molecule has 2 rings (SSSR count). The molecule has 2 fully saturated rings. The predicted molar refractivity (Wildman–Crippen MR) is 48.9 cm³/mol. The molecule has 0 aromatic rings. The van der Waals surface area contributed by atoms with E-state index in [0.29, 0.717) is 0 Å². The Hall–Kier alpha value is -0.0800. The summed E-state index contributed by atoms with van der Waals surface area (Å²) in [6.45, 7) is 3.62. The number of ether oxygens (including phenoxy) is 1. The fourth-order valence-corrected chi connectivity index (χ4v) is 3.00. The van der Waals surface area contributed by atoms with E-state index >= 15 is 0 Å². The predicted octanol–water partition coefficient (Wildman–Crippen LogP) is 1.54. The summed E-state index contributed by atoms with van der Waals surface area (Å²) in [7, 11) is 0. The van der Waals surface area contributed by atoms with Crippen molar-refractivity contribution in [1.29, 1.82) is 0 Å². The lowest BCUT2D eigenvalue weighted by Crippen LogP contribution is -2.48. The molecule has 0 aromatic heterocycles. The van der Waals surface area contributed by atoms with Crippen molar-refractivity contribution >= 4 is 0 Å². The second-order valence-corrected chi connectivity index (χ2v) is 4.18. The van der Waals surface area contributed by atoms with Crippen molar-refractivity contribution in [3.05, 3.63) is 0 Å². The average molecular weight is 169 g/mol. The van der Waals surface area contributed by atoms with Gasteiger partial charge in [0.15, 0.2) is 0 Å². The minimum absolute atomic E-state index is 0.0810. The molecule has 0 bridgehead atoms. The molecule has 70 valence electrons. The lowest BCUT2D eigenvalue weighted by molar-refractivity contribution is -0.0871. The normalized spacial score (nSPS) is 45.5. The first-order chi connectivity index (χ1) is 5.82. The fourth-order valence-electron chi connectivity index (χ4n) is 3.00. The Morgan fingerprint density at radius 2 is 2.25 bits per heavy atom. The van der Waals surface area contributed by atoms with Crippen LogP contribution in [0.3, 0.4) is 0 Å². The van der Waals surface area contributed by atoms with Crippen LogP contribution in [0.15, 0.2) is 0 Å². The largest absolute Gasteiger partial charge is 0.374 e. The number of fused-ring (bicyclic) bond motifs is 1. The Balaban J connectivity index is 2.06. The van der Waals surface area contributed by atoms with Crippen LogP contribution in [-0.4, -0.2) is 18.8 Å². The van der Waals surface area contributed by atoms with Gasteiger partial charge in [0.25, 0.3) is 0 Å². The van der Waals surface area contributed by atoms with Crippen LogP contribution in [0.2, 0.25) is 0 Å². The van der Waals surface area contributed by atoms with Gasteiger partial charge in [-0.1, -0.05) is 0 Å². The van der Waals surface area contributed by atoms with Gasteiger partial charge in [0, 0.05) is 13.2 Å². The zero-order valence-corrected chi connectivity index (χ0v) is 7.88. The Labute approximate surface area is 74.5 Å². The van der Waals surface area contributed by atoms with Crippen molar-refractivity contribution < 1.29 is 4.74 Å². The summed E-state index contributed by atoms with van der Waals surface area (Å²) in [4.78, 5) is 0. The molecular formula is C10H19NO. The van der Waals surface area contributed by atoms with Gasteiger partial charge in [0.2, 0.25) is 0 Å². The van der Waals surface area contributed by atoms with Gasteiger partial charge in [-0.05, 0) is 44.4 Å². The van der Waals surface area contributed by atoms with E-state index in [-0.39, 0.29) is 5.60 Å². The second kappa shape index (κ2) is 3.00. The van der Waals surface area contributed by atoms with E-state index < -0.39 is 0 Å². The SMILES string of the molecule is CCOC1(CN)CC[C@H]2CC[C@H]21. The minimum Gasteiger partial charge on any atom is -0.374 e. The first-order valence-corrected chi connectivity index (χ1v) is 5.16. The van der Waals surface area contributed by atoms with Crippen LogP contribution in [0, 0.1) is 11.8 Å². The summed E-state index contributed by atoms with van der Waals surface area (Å²) < 4.78 is 5.85. The average Bonchev–Trinajstić information content (AvgIpc) is 2.24. The highest BCUT2D eigenvalue weighted by Crippen LogP contribution is 2.53. The second-order valence-electron chi connectivity index (χ2n) is 4.18. The molecular weight excluding hydrogens is 150 g/mol. The molecule has 0 aromatic carbocycles. The maximum Gasteiger partial charge on any atom is 0.0834 e. The molecule has 12 heavy (non-hydrogen) atoms. The summed E-state index contributed by atoms with van der Waals surface area (Å²) in [6, 6.07) is 0. The van der Waals surface area contributed by atoms with Gasteiger partial charge in [-0.3, -0.25) is 0 Å². The van der Waals surface area contributed by atoms with Crippen LogP contribution >= 0.6 is 0 Å². The van der Waals surface area contributed by atoms with Gasteiger partial charge in [0.05, 0.1) is 5.60 Å². The number of nitrogens with two attached hydrogens (primary N) is 1. The molecule has 0 aliphatic heterocycles. The molecule has 0 amide bonds. The van der Waals surface area contributed by atoms with Crippen molar-refractivity contribution in [1.82, 2.24) is 0 Å². The van der Waals surface area contributed by atoms with Gasteiger partial charge < -0.3 is 10.5 Å². The van der Waals surface area contributed by atoms with Crippen LogP contribution < -0.4 is 5.73 Å². The Morgan fingerprint density at radius 3 is 2.67 bits per heavy atom. The molecule has 2 N–H and O–H groups in total. The Morgan fingerprint density at radius 1 is 1.42 bits per heavy atom. The number of hydrogen-bond acceptors (Lipinski definition) is 2. The monoisotopic (exact) mass is 169 g/mol. The third-order valence-electron chi connectivity index (χ3n) is 3.81. The van der Waals surface area contributed by atoms with Gasteiger partial charge in [-0.15, -0.1) is 0 Å². The number of rotatable bonds is 3. The highest BCUT2D eigenvalue weighted by molar-refractivity contribution is 5.04. The molecule has 2 aliphatic rings. The van der Waals surface area contributed by atoms with E-state index in [9.17, 15) is 0 Å². The van der Waals surface area contributed by atoms with Gasteiger partial charge in [-0.2, -0.15) is 0 Å². The van der Waals surface area contributed by atoms with Crippen LogP contribution in [-0.2, 0) is 4.74 Å². The third kappa shape index (κ3) is 1.01. The maximum atomic E-state index is 5.85. The molecule has 3 atom stereocenters. The van der Waals surface area contributed by atoms with Gasteiger partial charge in [-0.25, -0.2) is 0 Å². The first kappa shape index (κ1) is 8.52. The van der Waals surface area contributed by atoms with E-state index in [4.69, 9.17) is 10.5 Å². The van der Waals surface area contributed by atoms with E-state index in [1.807, 2.05) is 0 Å². The standard InChI is InChI=1S/C10H19NO/c1-2-12-10(7-11)6-5-8-3-4-9(8)10/h8-9H,2-7,11H2,1H3/t8-,9-,10?/m1/s1. The molecule has 0 heterocycles. The molecule has 2 aliphatic carbocycles. The molecule has 0 spiro atoms. The first-order valence-electron chi connectivity index (χ1n) is 5.16. The van der Waals surface area contributed by atoms with Crippen molar-refractivity contribution in [2.24, 2.45) is 17.6 Å². The summed E-state index contributed by atoms with van der Waals surface area (Å²) in [5.74, 6) is 1.74. The highest BCUT2D eigenvalue weighted by Gasteiger charge is 2.52. The maximum absolute atomic E-state index is 5.85. The van der Waals surface area contributed by atoms with Gasteiger partial charge >= 0.3 is 0 Å². The summed E-state index contributed by atoms with van der Waals surface area (Å²) in [5, 5.41) is 0. The van der Waals surface area contributed by atoms with Crippen molar-refractivity contribution in [3.8, 4) is 0 Å². The van der Waals surface area contributed by atoms with Crippen molar-refractivity contribution in [3.63, 3.8) is 0 Å². The molecule has 2 saturated carbocycles. The molecule has 2 heteroatoms. The number of hydrogen-bond donors (Lipinski definition) is 1. The topological polar surface area (TPSA) is 35.2 Å². The highest BCUT2D eigenvalue weighted by atomic mass is 16.5. The Bertz CT molecular complexity index is 167. The Kier molecular flexibility index (Phi) is 2.13. The summed E-state index contributed by atoms with van der Waals surface area (Å²) >= 11 is 0. The molecule has 1 unspecified atom stereocenters. The minimum atomic E-state index is 0.0810. The molecule has 0 saturated heterocycles. The van der Waals surface area contributed by atoms with Crippen LogP contribution in [0.4, 0.5) is 0 Å². The smallest absolute Gasteiger partial charge is 0.0834 e. The zero-order chi connectivity index (χ0) is 8.60. The lowest BCUT2D eigenvalue weighted by Gasteiger charge is -2.42. The van der Waals surface area contributed by atoms with Crippen molar-refractivity contribution in [2.75, 3.05) is 13.2 Å². The molecule has 0 radical (unpaired) electrons. The summed E-state index contributed by atoms with van der Waals surface area (Å²) in [6.07, 6.45) is 5.32. The van der Waals surface area contributed by atoms with E-state index in [1.165, 1.54) is 25.7 Å². The zero-order valence-electron chi connectivity index (χ0n) is 7.88. The summed E-state index contributed by atoms with van der Waals surface area (Å²) in [5.41, 5.74) is 5.90. The quantitative estimate of drug-likeness (QED) is 0.695. The van der Waals surface area contributed by atoms with E-state index in [0.717, 1.165) is 25.0 Å².